The van der Waals surface area contributed by atoms with Crippen molar-refractivity contribution >= 4 is 23.2 Å². The zero-order chi connectivity index (χ0) is 22.3. The first kappa shape index (κ1) is 21.8. The van der Waals surface area contributed by atoms with Crippen molar-refractivity contribution in [3.05, 3.63) is 42.5 Å². The fourth-order valence-corrected chi connectivity index (χ4v) is 3.85. The molecule has 2 aromatic carbocycles. The Balaban J connectivity index is 1.14. The fourth-order valence-electron chi connectivity index (χ4n) is 3.85. The van der Waals surface area contributed by atoms with Crippen molar-refractivity contribution in [2.45, 2.75) is 6.42 Å². The van der Waals surface area contributed by atoms with E-state index in [1.165, 1.54) is 0 Å². The molecule has 2 amide bonds. The number of fused-ring (bicyclic) bond motifs is 1. The molecule has 9 heteroatoms. The normalized spacial score (nSPS) is 15.3. The molecule has 4 rings (SSSR count). The first-order chi connectivity index (χ1) is 15.6. The Labute approximate surface area is 187 Å². The summed E-state index contributed by atoms with van der Waals surface area (Å²) < 4.78 is 16.0. The minimum atomic E-state index is -0.700. The molecule has 2 aliphatic rings. The number of nitrogens with one attached hydrogen (secondary N) is 2. The van der Waals surface area contributed by atoms with E-state index in [-0.39, 0.29) is 6.79 Å². The van der Waals surface area contributed by atoms with Gasteiger partial charge in [-0.3, -0.25) is 14.5 Å². The van der Waals surface area contributed by atoms with Gasteiger partial charge >= 0.3 is 11.8 Å². The summed E-state index contributed by atoms with van der Waals surface area (Å²) in [5.41, 5.74) is 1.61. The van der Waals surface area contributed by atoms with Crippen molar-refractivity contribution < 1.29 is 23.8 Å². The Morgan fingerprint density at radius 1 is 1.00 bits per heavy atom. The Morgan fingerprint density at radius 2 is 1.78 bits per heavy atom. The van der Waals surface area contributed by atoms with E-state index < -0.39 is 11.8 Å². The van der Waals surface area contributed by atoms with E-state index in [0.717, 1.165) is 50.6 Å². The molecule has 0 aromatic heterocycles. The highest BCUT2D eigenvalue weighted by molar-refractivity contribution is 6.39. The smallest absolute Gasteiger partial charge is 0.313 e. The second-order valence-electron chi connectivity index (χ2n) is 7.63. The van der Waals surface area contributed by atoms with Gasteiger partial charge in [-0.25, -0.2) is 0 Å². The van der Waals surface area contributed by atoms with Crippen LogP contribution in [0.25, 0.3) is 0 Å². The number of para-hydroxylation sites is 2. The van der Waals surface area contributed by atoms with Crippen molar-refractivity contribution in [3.63, 3.8) is 0 Å². The molecule has 0 unspecified atom stereocenters. The van der Waals surface area contributed by atoms with Gasteiger partial charge in [0.1, 0.15) is 5.75 Å². The van der Waals surface area contributed by atoms with Gasteiger partial charge in [0.15, 0.2) is 11.5 Å². The highest BCUT2D eigenvalue weighted by Gasteiger charge is 2.20. The van der Waals surface area contributed by atoms with Crippen LogP contribution in [0.4, 0.5) is 11.4 Å². The lowest BCUT2D eigenvalue weighted by Gasteiger charge is -2.36. The number of nitrogens with zero attached hydrogens (tertiary/aromatic N) is 2. The molecule has 0 aliphatic carbocycles. The molecule has 2 N–H and O–H groups in total. The molecule has 0 atom stereocenters. The highest BCUT2D eigenvalue weighted by atomic mass is 16.7. The van der Waals surface area contributed by atoms with Crippen LogP contribution in [0.5, 0.6) is 17.2 Å². The Bertz CT molecular complexity index is 959. The molecule has 1 saturated heterocycles. The van der Waals surface area contributed by atoms with Gasteiger partial charge in [0.2, 0.25) is 6.79 Å². The lowest BCUT2D eigenvalue weighted by Crippen LogP contribution is -2.47. The summed E-state index contributed by atoms with van der Waals surface area (Å²) in [6.07, 6.45) is 0.775. The number of piperazine rings is 1. The second-order valence-corrected chi connectivity index (χ2v) is 7.63. The van der Waals surface area contributed by atoms with E-state index >= 15 is 0 Å². The summed E-state index contributed by atoms with van der Waals surface area (Å²) in [6, 6.07) is 13.1. The van der Waals surface area contributed by atoms with Crippen LogP contribution in [0.1, 0.15) is 6.42 Å². The number of amides is 2. The van der Waals surface area contributed by atoms with Crippen molar-refractivity contribution in [1.29, 1.82) is 0 Å². The van der Waals surface area contributed by atoms with Gasteiger partial charge in [-0.1, -0.05) is 12.1 Å². The largest absolute Gasteiger partial charge is 0.495 e. The predicted molar refractivity (Wildman–Crippen MR) is 120 cm³/mol. The molecule has 2 aliphatic heterocycles. The minimum absolute atomic E-state index is 0.155. The standard InChI is InChI=1S/C23H28N4O5/c1-30-19-6-3-2-5-18(19)27-13-11-26(12-14-27)10-4-9-24-22(28)23(29)25-17-7-8-20-21(15-17)32-16-31-20/h2-3,5-8,15H,4,9-14,16H2,1H3,(H,24,28)(H,25,29). The average molecular weight is 441 g/mol. The molecule has 32 heavy (non-hydrogen) atoms. The third kappa shape index (κ3) is 5.23. The summed E-state index contributed by atoms with van der Waals surface area (Å²) in [6.45, 7) is 5.19. The Morgan fingerprint density at radius 3 is 2.59 bits per heavy atom. The van der Waals surface area contributed by atoms with Crippen molar-refractivity contribution in [1.82, 2.24) is 10.2 Å². The summed E-state index contributed by atoms with van der Waals surface area (Å²) in [5.74, 6) is 0.714. The molecular formula is C23H28N4O5. The maximum atomic E-state index is 12.1. The molecule has 2 heterocycles. The summed E-state index contributed by atoms with van der Waals surface area (Å²) in [5, 5.41) is 5.26. The number of rotatable bonds is 7. The van der Waals surface area contributed by atoms with Gasteiger partial charge in [0.25, 0.3) is 0 Å². The van der Waals surface area contributed by atoms with Crippen LogP contribution in [-0.4, -0.2) is 69.9 Å². The number of hydrogen-bond acceptors (Lipinski definition) is 7. The number of carbonyl (C=O) groups excluding carboxylic acids is 2. The monoisotopic (exact) mass is 440 g/mol. The van der Waals surface area contributed by atoms with E-state index in [4.69, 9.17) is 14.2 Å². The van der Waals surface area contributed by atoms with Crippen LogP contribution in [0.2, 0.25) is 0 Å². The lowest BCUT2D eigenvalue weighted by molar-refractivity contribution is -0.136. The molecule has 1 fully saturated rings. The van der Waals surface area contributed by atoms with Crippen LogP contribution in [0.3, 0.4) is 0 Å². The van der Waals surface area contributed by atoms with Crippen LogP contribution in [0.15, 0.2) is 42.5 Å². The molecule has 9 nitrogen and oxygen atoms in total. The van der Waals surface area contributed by atoms with Gasteiger partial charge < -0.3 is 29.7 Å². The Kier molecular flexibility index (Phi) is 6.96. The van der Waals surface area contributed by atoms with Gasteiger partial charge in [-0.2, -0.15) is 0 Å². The van der Waals surface area contributed by atoms with Gasteiger partial charge in [0.05, 0.1) is 12.8 Å². The van der Waals surface area contributed by atoms with E-state index in [1.807, 2.05) is 18.2 Å². The highest BCUT2D eigenvalue weighted by Crippen LogP contribution is 2.34. The number of benzene rings is 2. The van der Waals surface area contributed by atoms with Gasteiger partial charge in [-0.15, -0.1) is 0 Å². The minimum Gasteiger partial charge on any atom is -0.495 e. The van der Waals surface area contributed by atoms with Gasteiger partial charge in [-0.05, 0) is 37.2 Å². The maximum absolute atomic E-state index is 12.1. The van der Waals surface area contributed by atoms with Crippen molar-refractivity contribution in [2.24, 2.45) is 0 Å². The van der Waals surface area contributed by atoms with E-state index in [2.05, 4.69) is 26.5 Å². The fraction of sp³-hybridized carbons (Fsp3) is 0.391. The quantitative estimate of drug-likeness (QED) is 0.500. The predicted octanol–water partition coefficient (Wildman–Crippen LogP) is 1.69. The molecular weight excluding hydrogens is 412 g/mol. The second kappa shape index (κ2) is 10.2. The number of carbonyl (C=O) groups is 2. The zero-order valence-corrected chi connectivity index (χ0v) is 18.1. The van der Waals surface area contributed by atoms with Crippen molar-refractivity contribution in [2.75, 3.05) is 63.4 Å². The maximum Gasteiger partial charge on any atom is 0.313 e. The molecule has 2 aromatic rings. The third-order valence-corrected chi connectivity index (χ3v) is 5.57. The third-order valence-electron chi connectivity index (χ3n) is 5.57. The van der Waals surface area contributed by atoms with E-state index in [0.29, 0.717) is 23.7 Å². The summed E-state index contributed by atoms with van der Waals surface area (Å²) >= 11 is 0. The molecule has 170 valence electrons. The topological polar surface area (TPSA) is 92.4 Å². The van der Waals surface area contributed by atoms with Gasteiger partial charge in [0, 0.05) is 44.5 Å². The lowest BCUT2D eigenvalue weighted by atomic mass is 10.2. The van der Waals surface area contributed by atoms with Crippen LogP contribution < -0.4 is 29.7 Å². The SMILES string of the molecule is COc1ccccc1N1CCN(CCCNC(=O)C(=O)Nc2ccc3c(c2)OCO3)CC1. The van der Waals surface area contributed by atoms with Crippen LogP contribution in [0, 0.1) is 0 Å². The summed E-state index contributed by atoms with van der Waals surface area (Å²) in [7, 11) is 1.69. The zero-order valence-electron chi connectivity index (χ0n) is 18.1. The average Bonchev–Trinajstić information content (AvgIpc) is 3.30. The van der Waals surface area contributed by atoms with E-state index in [9.17, 15) is 9.59 Å². The van der Waals surface area contributed by atoms with Crippen LogP contribution in [-0.2, 0) is 9.59 Å². The number of hydrogen-bond donors (Lipinski definition) is 2. The first-order valence-electron chi connectivity index (χ1n) is 10.7. The molecule has 0 radical (unpaired) electrons. The number of methoxy groups -OCH3 is 1. The summed E-state index contributed by atoms with van der Waals surface area (Å²) in [4.78, 5) is 28.9. The molecule has 0 spiro atoms. The van der Waals surface area contributed by atoms with Crippen molar-refractivity contribution in [3.8, 4) is 17.2 Å². The number of ether oxygens (including phenoxy) is 3. The first-order valence-corrected chi connectivity index (χ1v) is 10.7. The molecule has 0 bridgehead atoms. The Hall–Kier alpha value is -3.46. The molecule has 0 saturated carbocycles. The van der Waals surface area contributed by atoms with Crippen LogP contribution >= 0.6 is 0 Å². The van der Waals surface area contributed by atoms with E-state index in [1.54, 1.807) is 25.3 Å². The number of anilines is 2.